The molecule has 0 saturated carbocycles. The molecule has 2 nitrogen and oxygen atoms in total. The molecule has 2 heteroatoms. The third-order valence-corrected chi connectivity index (χ3v) is 21.5. The smallest absolute Gasteiger partial charge is 0.0465 e. The number of benzene rings is 14. The lowest BCUT2D eigenvalue weighted by Gasteiger charge is -2.28. The molecule has 14 aromatic carbocycles. The Bertz CT molecular complexity index is 5190. The van der Waals surface area contributed by atoms with Crippen LogP contribution in [0.4, 0.5) is 34.1 Å². The van der Waals surface area contributed by atoms with Gasteiger partial charge in [-0.15, -0.1) is 0 Å². The Morgan fingerprint density at radius 1 is 0.216 bits per heavy atom. The first-order valence-corrected chi connectivity index (χ1v) is 34.3. The first kappa shape index (κ1) is 59.4. The van der Waals surface area contributed by atoms with Gasteiger partial charge in [-0.1, -0.05) is 283 Å². The van der Waals surface area contributed by atoms with Crippen molar-refractivity contribution < 1.29 is 0 Å². The van der Waals surface area contributed by atoms with E-state index in [4.69, 9.17) is 0 Å². The average Bonchev–Trinajstić information content (AvgIpc) is 1.61. The zero-order valence-corrected chi connectivity index (χ0v) is 56.4. The molecule has 14 aromatic rings. The lowest BCUT2D eigenvalue weighted by Crippen LogP contribution is -2.16. The Morgan fingerprint density at radius 2 is 0.464 bits per heavy atom. The van der Waals surface area contributed by atoms with Crippen LogP contribution in [-0.4, -0.2) is 0 Å². The molecular formula is C95H76N2. The predicted molar refractivity (Wildman–Crippen MR) is 415 cm³/mol. The lowest BCUT2D eigenvalue weighted by molar-refractivity contribution is 0.660. The number of anilines is 6. The van der Waals surface area contributed by atoms with Crippen molar-refractivity contribution in [1.29, 1.82) is 0 Å². The average molecular weight is 1250 g/mol. The van der Waals surface area contributed by atoms with Gasteiger partial charge < -0.3 is 9.80 Å². The highest BCUT2D eigenvalue weighted by Gasteiger charge is 2.39. The standard InChI is InChI=1S/C95H76N2/c1-61-17-37-75(38-18-61)96(77-41-33-69(34-42-77)73-31-29-67-13-9-11-15-71(67)57-73)79-45-51-85-83-49-27-65(55-89(83)94(5,6)91(85)59-79)23-21-63-25-47-81-82-48-26-64(54-88(82)93(3,4)87(81)53-63)22-24-66-28-50-84-86-52-46-80(60-92(86)95(7,8)90(84)56-66)97(76-39-19-62(2)20-40-76)78-43-35-70(36-44-78)74-32-30-68-14-10-12-16-72(68)58-74/h9-60H,1-8H3/b23-21+,24-22+. The SMILES string of the molecule is Cc1ccc(N(c2ccc(-c3ccc4ccccc4c3)cc2)c2ccc3c(c2)C(C)(C)c2cc(/C=C/c4ccc5c(c4)C(C)(C)c4cc(/C=C/c6ccc7c(c6)C(C)(C)c6cc(N(c8ccc(C)cc8)c8ccc(-c9ccc%10ccccc%10c9)cc8)ccc6-7)ccc4-5)ccc2-3)cc1. The molecule has 0 bridgehead atoms. The summed E-state index contributed by atoms with van der Waals surface area (Å²) in [6, 6.07) is 109. The number of rotatable bonds is 12. The topological polar surface area (TPSA) is 6.48 Å². The quantitative estimate of drug-likeness (QED) is 0.113. The largest absolute Gasteiger partial charge is 0.310 e. The molecule has 0 unspecified atom stereocenters. The van der Waals surface area contributed by atoms with Gasteiger partial charge >= 0.3 is 0 Å². The van der Waals surface area contributed by atoms with E-state index < -0.39 is 0 Å². The lowest BCUT2D eigenvalue weighted by atomic mass is 9.81. The zero-order valence-electron chi connectivity index (χ0n) is 56.4. The van der Waals surface area contributed by atoms with Crippen LogP contribution in [0.25, 0.3) is 101 Å². The minimum atomic E-state index is -0.210. The van der Waals surface area contributed by atoms with E-state index in [0.717, 1.165) is 34.1 Å². The van der Waals surface area contributed by atoms with Crippen LogP contribution in [0.3, 0.4) is 0 Å². The van der Waals surface area contributed by atoms with Crippen molar-refractivity contribution in [3.05, 3.63) is 358 Å². The van der Waals surface area contributed by atoms with E-state index in [2.05, 4.69) is 381 Å². The third-order valence-electron chi connectivity index (χ3n) is 21.5. The van der Waals surface area contributed by atoms with Crippen LogP contribution < -0.4 is 9.80 Å². The van der Waals surface area contributed by atoms with Gasteiger partial charge in [-0.05, 0) is 232 Å². The Hall–Kier alpha value is -11.3. The van der Waals surface area contributed by atoms with E-state index >= 15 is 0 Å². The summed E-state index contributed by atoms with van der Waals surface area (Å²) in [4.78, 5) is 4.81. The van der Waals surface area contributed by atoms with Gasteiger partial charge in [0.25, 0.3) is 0 Å². The van der Waals surface area contributed by atoms with E-state index in [1.807, 2.05) is 0 Å². The van der Waals surface area contributed by atoms with E-state index in [9.17, 15) is 0 Å². The summed E-state index contributed by atoms with van der Waals surface area (Å²) in [5, 5.41) is 5.02. The van der Waals surface area contributed by atoms with Crippen molar-refractivity contribution in [3.63, 3.8) is 0 Å². The van der Waals surface area contributed by atoms with Gasteiger partial charge in [0.1, 0.15) is 0 Å². The van der Waals surface area contributed by atoms with Crippen molar-refractivity contribution in [1.82, 2.24) is 0 Å². The summed E-state index contributed by atoms with van der Waals surface area (Å²) in [6.45, 7) is 18.7. The normalized spacial score (nSPS) is 14.1. The molecule has 17 rings (SSSR count). The molecule has 0 radical (unpaired) electrons. The van der Waals surface area contributed by atoms with Crippen molar-refractivity contribution in [2.45, 2.75) is 71.6 Å². The van der Waals surface area contributed by atoms with Crippen molar-refractivity contribution in [2.24, 2.45) is 0 Å². The fraction of sp³-hybridized carbons (Fsp3) is 0.116. The minimum absolute atomic E-state index is 0.171. The molecular weight excluding hydrogens is 1170 g/mol. The monoisotopic (exact) mass is 1240 g/mol. The van der Waals surface area contributed by atoms with Gasteiger partial charge in [0, 0.05) is 50.4 Å². The Balaban J connectivity index is 0.596. The van der Waals surface area contributed by atoms with Gasteiger partial charge in [-0.2, -0.15) is 0 Å². The van der Waals surface area contributed by atoms with Crippen LogP contribution >= 0.6 is 0 Å². The molecule has 0 heterocycles. The Morgan fingerprint density at radius 3 is 0.773 bits per heavy atom. The fourth-order valence-electron chi connectivity index (χ4n) is 16.0. The van der Waals surface area contributed by atoms with Crippen molar-refractivity contribution in [3.8, 4) is 55.6 Å². The van der Waals surface area contributed by atoms with Gasteiger partial charge in [0.2, 0.25) is 0 Å². The number of fused-ring (bicyclic) bond motifs is 11. The van der Waals surface area contributed by atoms with Gasteiger partial charge in [0.15, 0.2) is 0 Å². The number of nitrogens with zero attached hydrogens (tertiary/aromatic N) is 2. The summed E-state index contributed by atoms with van der Waals surface area (Å²) in [6.07, 6.45) is 9.20. The molecule has 0 fully saturated rings. The molecule has 0 aromatic heterocycles. The first-order chi connectivity index (χ1) is 47.1. The summed E-state index contributed by atoms with van der Waals surface area (Å²) in [5.41, 5.74) is 34.4. The molecule has 3 aliphatic carbocycles. The predicted octanol–water partition coefficient (Wildman–Crippen LogP) is 26.1. The van der Waals surface area contributed by atoms with E-state index in [1.54, 1.807) is 0 Å². The highest BCUT2D eigenvalue weighted by Crippen LogP contribution is 2.54. The highest BCUT2D eigenvalue weighted by atomic mass is 15.1. The van der Waals surface area contributed by atoms with Gasteiger partial charge in [-0.25, -0.2) is 0 Å². The summed E-state index contributed by atoms with van der Waals surface area (Å²) in [5.74, 6) is 0. The van der Waals surface area contributed by atoms with Crippen LogP contribution in [-0.2, 0) is 16.2 Å². The second-order valence-corrected chi connectivity index (χ2v) is 28.8. The molecule has 0 amide bonds. The zero-order chi connectivity index (χ0) is 65.9. The van der Waals surface area contributed by atoms with Crippen molar-refractivity contribution in [2.75, 3.05) is 9.80 Å². The third kappa shape index (κ3) is 10.3. The summed E-state index contributed by atoms with van der Waals surface area (Å²) < 4.78 is 0. The van der Waals surface area contributed by atoms with Gasteiger partial charge in [0.05, 0.1) is 0 Å². The van der Waals surface area contributed by atoms with E-state index in [-0.39, 0.29) is 16.2 Å². The molecule has 0 atom stereocenters. The van der Waals surface area contributed by atoms with Crippen LogP contribution in [0.2, 0.25) is 0 Å². The summed E-state index contributed by atoms with van der Waals surface area (Å²) >= 11 is 0. The molecule has 466 valence electrons. The fourth-order valence-corrected chi connectivity index (χ4v) is 16.0. The minimum Gasteiger partial charge on any atom is -0.310 e. The number of hydrogen-bond donors (Lipinski definition) is 0. The molecule has 0 spiro atoms. The van der Waals surface area contributed by atoms with Gasteiger partial charge in [-0.3, -0.25) is 0 Å². The number of aryl methyl sites for hydroxylation is 2. The van der Waals surface area contributed by atoms with Crippen LogP contribution in [0.15, 0.2) is 291 Å². The molecule has 0 N–H and O–H groups in total. The van der Waals surface area contributed by atoms with E-state index in [1.165, 1.54) is 144 Å². The van der Waals surface area contributed by atoms with Crippen molar-refractivity contribution >= 4 is 80.0 Å². The first-order valence-electron chi connectivity index (χ1n) is 34.3. The molecule has 0 aliphatic heterocycles. The van der Waals surface area contributed by atoms with E-state index in [0.29, 0.717) is 0 Å². The number of hydrogen-bond acceptors (Lipinski definition) is 2. The second-order valence-electron chi connectivity index (χ2n) is 28.8. The van der Waals surface area contributed by atoms with Crippen LogP contribution in [0, 0.1) is 13.8 Å². The molecule has 0 saturated heterocycles. The second kappa shape index (κ2) is 23.0. The van der Waals surface area contributed by atoms with Crippen LogP contribution in [0.1, 0.15) is 108 Å². The van der Waals surface area contributed by atoms with Crippen LogP contribution in [0.5, 0.6) is 0 Å². The summed E-state index contributed by atoms with van der Waals surface area (Å²) in [7, 11) is 0. The Kier molecular flexibility index (Phi) is 14.1. The molecule has 97 heavy (non-hydrogen) atoms. The Labute approximate surface area is 571 Å². The maximum atomic E-state index is 2.43. The maximum absolute atomic E-state index is 2.43. The highest BCUT2D eigenvalue weighted by molar-refractivity contribution is 5.93. The molecule has 3 aliphatic rings. The maximum Gasteiger partial charge on any atom is 0.0465 e.